The first-order chi connectivity index (χ1) is 13.1. The van der Waals surface area contributed by atoms with Crippen molar-refractivity contribution in [2.24, 2.45) is 12.1 Å². The molecule has 2 aromatic carbocycles. The second-order valence-corrected chi connectivity index (χ2v) is 6.51. The molecule has 0 aliphatic heterocycles. The van der Waals surface area contributed by atoms with Gasteiger partial charge in [0.2, 0.25) is 5.95 Å². The molecule has 0 saturated heterocycles. The van der Waals surface area contributed by atoms with E-state index in [1.807, 2.05) is 68.6 Å². The van der Waals surface area contributed by atoms with Crippen molar-refractivity contribution in [3.05, 3.63) is 71.5 Å². The van der Waals surface area contributed by atoms with Gasteiger partial charge in [0.05, 0.1) is 22.6 Å². The van der Waals surface area contributed by atoms with Crippen LogP contribution in [-0.2, 0) is 7.05 Å². The minimum atomic E-state index is 0.421. The monoisotopic (exact) mass is 376 g/mol. The highest BCUT2D eigenvalue weighted by molar-refractivity contribution is 6.31. The molecular formula is C20H17ClN6. The molecule has 0 aliphatic rings. The highest BCUT2D eigenvalue weighted by Crippen LogP contribution is 2.29. The molecule has 0 unspecified atom stereocenters. The summed E-state index contributed by atoms with van der Waals surface area (Å²) in [6.07, 6.45) is 1.73. The molecule has 0 bridgehead atoms. The van der Waals surface area contributed by atoms with Crippen molar-refractivity contribution in [3.8, 4) is 11.3 Å². The first kappa shape index (κ1) is 17.2. The van der Waals surface area contributed by atoms with Crippen LogP contribution in [0.15, 0.2) is 65.9 Å². The number of hydrogen-bond donors (Lipinski definition) is 1. The lowest BCUT2D eigenvalue weighted by molar-refractivity contribution is 0.759. The van der Waals surface area contributed by atoms with Crippen LogP contribution < -0.4 is 5.43 Å². The lowest BCUT2D eigenvalue weighted by Gasteiger charge is -2.09. The summed E-state index contributed by atoms with van der Waals surface area (Å²) in [5.74, 6) is 0.421. The molecule has 0 aliphatic carbocycles. The van der Waals surface area contributed by atoms with E-state index in [1.54, 1.807) is 10.9 Å². The minimum absolute atomic E-state index is 0.421. The van der Waals surface area contributed by atoms with Gasteiger partial charge in [-0.3, -0.25) is 4.68 Å². The molecule has 6 nitrogen and oxygen atoms in total. The quantitative estimate of drug-likeness (QED) is 0.420. The van der Waals surface area contributed by atoms with Crippen LogP contribution in [0.3, 0.4) is 0 Å². The van der Waals surface area contributed by atoms with Crippen molar-refractivity contribution in [1.82, 2.24) is 19.7 Å². The largest absolute Gasteiger partial charge is 0.267 e. The number of hydrazone groups is 1. The number of aryl methyl sites for hydroxylation is 1. The topological polar surface area (TPSA) is 68.0 Å². The van der Waals surface area contributed by atoms with Gasteiger partial charge in [-0.1, -0.05) is 41.9 Å². The predicted molar refractivity (Wildman–Crippen MR) is 109 cm³/mol. The first-order valence-electron chi connectivity index (χ1n) is 8.43. The number of benzene rings is 2. The molecule has 0 amide bonds. The Morgan fingerprint density at radius 2 is 1.89 bits per heavy atom. The van der Waals surface area contributed by atoms with E-state index < -0.39 is 0 Å². The van der Waals surface area contributed by atoms with Crippen LogP contribution in [-0.4, -0.2) is 25.5 Å². The van der Waals surface area contributed by atoms with Crippen molar-refractivity contribution in [1.29, 1.82) is 0 Å². The van der Waals surface area contributed by atoms with Gasteiger partial charge in [0.25, 0.3) is 0 Å². The smallest absolute Gasteiger partial charge is 0.244 e. The van der Waals surface area contributed by atoms with E-state index in [4.69, 9.17) is 11.6 Å². The molecule has 0 fully saturated rings. The fourth-order valence-corrected chi connectivity index (χ4v) is 3.06. The number of nitrogens with one attached hydrogen (secondary N) is 1. The summed E-state index contributed by atoms with van der Waals surface area (Å²) in [6.45, 7) is 1.91. The average molecular weight is 377 g/mol. The third kappa shape index (κ3) is 3.52. The van der Waals surface area contributed by atoms with Gasteiger partial charge in [-0.05, 0) is 31.2 Å². The molecule has 0 radical (unpaired) electrons. The van der Waals surface area contributed by atoms with E-state index in [2.05, 4.69) is 25.6 Å². The van der Waals surface area contributed by atoms with Crippen molar-refractivity contribution >= 4 is 34.2 Å². The molecule has 0 saturated carbocycles. The number of fused-ring (bicyclic) bond motifs is 1. The van der Waals surface area contributed by atoms with E-state index in [0.29, 0.717) is 11.0 Å². The summed E-state index contributed by atoms with van der Waals surface area (Å²) in [5.41, 5.74) is 7.26. The van der Waals surface area contributed by atoms with Gasteiger partial charge in [0.15, 0.2) is 0 Å². The highest BCUT2D eigenvalue weighted by Gasteiger charge is 2.11. The number of rotatable bonds is 4. The van der Waals surface area contributed by atoms with Gasteiger partial charge >= 0.3 is 0 Å². The molecular weight excluding hydrogens is 360 g/mol. The highest BCUT2D eigenvalue weighted by atomic mass is 35.5. The normalized spacial score (nSPS) is 11.7. The minimum Gasteiger partial charge on any atom is -0.267 e. The number of anilines is 1. The number of nitrogens with zero attached hydrogens (tertiary/aromatic N) is 5. The van der Waals surface area contributed by atoms with Crippen LogP contribution in [0.1, 0.15) is 12.6 Å². The van der Waals surface area contributed by atoms with Crippen LogP contribution in [0, 0.1) is 0 Å². The van der Waals surface area contributed by atoms with Crippen LogP contribution >= 0.6 is 11.6 Å². The van der Waals surface area contributed by atoms with Crippen molar-refractivity contribution in [2.45, 2.75) is 6.92 Å². The Bertz CT molecular complexity index is 1130. The summed E-state index contributed by atoms with van der Waals surface area (Å²) in [4.78, 5) is 9.25. The van der Waals surface area contributed by atoms with E-state index in [9.17, 15) is 0 Å². The maximum atomic E-state index is 6.19. The van der Waals surface area contributed by atoms with Crippen LogP contribution in [0.5, 0.6) is 0 Å². The maximum absolute atomic E-state index is 6.19. The molecule has 4 rings (SSSR count). The van der Waals surface area contributed by atoms with Gasteiger partial charge in [-0.15, -0.1) is 0 Å². The van der Waals surface area contributed by atoms with Crippen LogP contribution in [0.4, 0.5) is 5.95 Å². The molecule has 2 heterocycles. The van der Waals surface area contributed by atoms with E-state index in [1.165, 1.54) is 0 Å². The van der Waals surface area contributed by atoms with Crippen molar-refractivity contribution in [3.63, 3.8) is 0 Å². The Kier molecular flexibility index (Phi) is 4.56. The lowest BCUT2D eigenvalue weighted by atomic mass is 10.1. The third-order valence-electron chi connectivity index (χ3n) is 4.22. The molecule has 2 aromatic heterocycles. The summed E-state index contributed by atoms with van der Waals surface area (Å²) < 4.78 is 1.76. The molecule has 27 heavy (non-hydrogen) atoms. The summed E-state index contributed by atoms with van der Waals surface area (Å²) in [7, 11) is 1.87. The Morgan fingerprint density at radius 3 is 2.63 bits per heavy atom. The molecule has 0 spiro atoms. The standard InChI is InChI=1S/C20H17ClN6/c1-13(18-10-11-22-27(18)2)25-26-20-23-17-9-8-15(21)12-16(17)19(24-20)14-6-4-3-5-7-14/h3-12H,1-2H3,(H,23,24,26). The molecule has 7 heteroatoms. The number of halogens is 1. The summed E-state index contributed by atoms with van der Waals surface area (Å²) in [5, 5.41) is 10.1. The first-order valence-corrected chi connectivity index (χ1v) is 8.81. The van der Waals surface area contributed by atoms with Gasteiger partial charge < -0.3 is 0 Å². The van der Waals surface area contributed by atoms with Gasteiger partial charge in [0.1, 0.15) is 0 Å². The van der Waals surface area contributed by atoms with E-state index >= 15 is 0 Å². The molecule has 0 atom stereocenters. The van der Waals surface area contributed by atoms with E-state index in [-0.39, 0.29) is 0 Å². The molecule has 134 valence electrons. The molecule has 4 aromatic rings. The summed E-state index contributed by atoms with van der Waals surface area (Å²) in [6, 6.07) is 17.4. The zero-order chi connectivity index (χ0) is 18.8. The number of aromatic nitrogens is 4. The van der Waals surface area contributed by atoms with E-state index in [0.717, 1.165) is 33.6 Å². The molecule has 1 N–H and O–H groups in total. The van der Waals surface area contributed by atoms with Crippen molar-refractivity contribution < 1.29 is 0 Å². The predicted octanol–water partition coefficient (Wildman–Crippen LogP) is 4.52. The van der Waals surface area contributed by atoms with Crippen LogP contribution in [0.25, 0.3) is 22.2 Å². The Morgan fingerprint density at radius 1 is 1.07 bits per heavy atom. The van der Waals surface area contributed by atoms with Crippen molar-refractivity contribution in [2.75, 3.05) is 5.43 Å². The Hall–Kier alpha value is -3.25. The second-order valence-electron chi connectivity index (χ2n) is 6.07. The Labute approximate surface area is 161 Å². The van der Waals surface area contributed by atoms with Crippen LogP contribution in [0.2, 0.25) is 5.02 Å². The fraction of sp³-hybridized carbons (Fsp3) is 0.100. The average Bonchev–Trinajstić information content (AvgIpc) is 3.12. The second kappa shape index (κ2) is 7.17. The Balaban J connectivity index is 1.78. The third-order valence-corrected chi connectivity index (χ3v) is 4.46. The van der Waals surface area contributed by atoms with Gasteiger partial charge in [-0.2, -0.15) is 10.2 Å². The fourth-order valence-electron chi connectivity index (χ4n) is 2.89. The SMILES string of the molecule is CC(=NNc1nc(-c2ccccc2)c2cc(Cl)ccc2n1)c1ccnn1C. The maximum Gasteiger partial charge on any atom is 0.244 e. The number of hydrogen-bond acceptors (Lipinski definition) is 5. The lowest BCUT2D eigenvalue weighted by Crippen LogP contribution is -2.07. The zero-order valence-electron chi connectivity index (χ0n) is 14.9. The van der Waals surface area contributed by atoms with Gasteiger partial charge in [-0.25, -0.2) is 15.4 Å². The summed E-state index contributed by atoms with van der Waals surface area (Å²) >= 11 is 6.19. The zero-order valence-corrected chi connectivity index (χ0v) is 15.6. The van der Waals surface area contributed by atoms with Gasteiger partial charge in [0, 0.05) is 29.2 Å².